The number of carbonyl (C=O) groups is 1. The first-order valence-corrected chi connectivity index (χ1v) is 10.6. The largest absolute Gasteiger partial charge is 0.343 e. The number of hydrogen-bond acceptors (Lipinski definition) is 3. The van der Waals surface area contributed by atoms with Crippen LogP contribution in [0.25, 0.3) is 0 Å². The van der Waals surface area contributed by atoms with Crippen molar-refractivity contribution in [3.05, 3.63) is 30.1 Å². The van der Waals surface area contributed by atoms with Gasteiger partial charge >= 0.3 is 0 Å². The summed E-state index contributed by atoms with van der Waals surface area (Å²) in [5.41, 5.74) is 1.95. The highest BCUT2D eigenvalue weighted by Crippen LogP contribution is 2.47. The second kappa shape index (κ2) is 8.08. The highest BCUT2D eigenvalue weighted by molar-refractivity contribution is 5.76. The summed E-state index contributed by atoms with van der Waals surface area (Å²) in [6, 6.07) is 4.26. The van der Waals surface area contributed by atoms with Gasteiger partial charge in [-0.25, -0.2) is 0 Å². The van der Waals surface area contributed by atoms with E-state index >= 15 is 0 Å². The van der Waals surface area contributed by atoms with Crippen LogP contribution in [0.2, 0.25) is 0 Å². The Bertz CT molecular complexity index is 579. The lowest BCUT2D eigenvalue weighted by molar-refractivity contribution is -0.131. The summed E-state index contributed by atoms with van der Waals surface area (Å²) >= 11 is 0. The molecule has 142 valence electrons. The van der Waals surface area contributed by atoms with Crippen molar-refractivity contribution in [2.24, 2.45) is 11.3 Å². The van der Waals surface area contributed by atoms with E-state index < -0.39 is 0 Å². The average Bonchev–Trinajstić information content (AvgIpc) is 3.22. The molecule has 4 heteroatoms. The summed E-state index contributed by atoms with van der Waals surface area (Å²) in [4.78, 5) is 21.2. The van der Waals surface area contributed by atoms with Gasteiger partial charge in [-0.1, -0.05) is 0 Å². The molecule has 1 aromatic heterocycles. The molecule has 1 spiro atoms. The Balaban J connectivity index is 1.21. The molecule has 3 aliphatic rings. The molecule has 1 amide bonds. The van der Waals surface area contributed by atoms with E-state index in [1.807, 2.05) is 12.4 Å². The number of aromatic nitrogens is 1. The summed E-state index contributed by atoms with van der Waals surface area (Å²) < 4.78 is 0. The molecule has 3 heterocycles. The summed E-state index contributed by atoms with van der Waals surface area (Å²) in [5, 5.41) is 0. The first-order valence-electron chi connectivity index (χ1n) is 10.6. The number of piperidine rings is 1. The molecule has 2 saturated heterocycles. The van der Waals surface area contributed by atoms with Gasteiger partial charge in [0.15, 0.2) is 0 Å². The maximum atomic E-state index is 12.4. The third-order valence-electron chi connectivity index (χ3n) is 7.16. The van der Waals surface area contributed by atoms with Crippen LogP contribution in [-0.2, 0) is 11.3 Å². The fourth-order valence-electron chi connectivity index (χ4n) is 5.27. The van der Waals surface area contributed by atoms with Crippen LogP contribution < -0.4 is 0 Å². The molecule has 2 aliphatic heterocycles. The number of nitrogens with zero attached hydrogens (tertiary/aromatic N) is 3. The normalized spacial score (nSPS) is 24.2. The minimum atomic E-state index is 0.427. The van der Waals surface area contributed by atoms with Crippen molar-refractivity contribution in [1.82, 2.24) is 14.8 Å². The third-order valence-corrected chi connectivity index (χ3v) is 7.16. The Morgan fingerprint density at radius 1 is 1.00 bits per heavy atom. The minimum Gasteiger partial charge on any atom is -0.343 e. The van der Waals surface area contributed by atoms with Gasteiger partial charge in [0.1, 0.15) is 0 Å². The van der Waals surface area contributed by atoms with Gasteiger partial charge in [0.2, 0.25) is 5.91 Å². The Morgan fingerprint density at radius 2 is 1.65 bits per heavy atom. The zero-order valence-corrected chi connectivity index (χ0v) is 16.0. The van der Waals surface area contributed by atoms with Crippen molar-refractivity contribution in [2.45, 2.75) is 64.3 Å². The molecule has 0 unspecified atom stereocenters. The molecule has 3 fully saturated rings. The van der Waals surface area contributed by atoms with E-state index in [0.29, 0.717) is 17.2 Å². The van der Waals surface area contributed by atoms with Crippen LogP contribution in [0, 0.1) is 11.3 Å². The second-order valence-electron chi connectivity index (χ2n) is 8.87. The monoisotopic (exact) mass is 355 g/mol. The molecule has 4 nitrogen and oxygen atoms in total. The predicted octanol–water partition coefficient (Wildman–Crippen LogP) is 3.87. The number of likely N-dealkylation sites (tertiary alicyclic amines) is 2. The van der Waals surface area contributed by atoms with Crippen LogP contribution in [-0.4, -0.2) is 46.9 Å². The Labute approximate surface area is 158 Å². The zero-order valence-electron chi connectivity index (χ0n) is 16.0. The summed E-state index contributed by atoms with van der Waals surface area (Å²) in [5.74, 6) is 1.07. The quantitative estimate of drug-likeness (QED) is 0.823. The molecule has 0 aromatic carbocycles. The predicted molar refractivity (Wildman–Crippen MR) is 104 cm³/mol. The number of carbonyl (C=O) groups excluding carboxylic acids is 1. The van der Waals surface area contributed by atoms with E-state index in [1.54, 1.807) is 0 Å². The molecule has 0 N–H and O–H groups in total. The molecular formula is C22H33N3O. The molecule has 1 aromatic rings. The third kappa shape index (κ3) is 4.28. The lowest BCUT2D eigenvalue weighted by Gasteiger charge is -2.46. The number of pyridine rings is 1. The smallest absolute Gasteiger partial charge is 0.222 e. The van der Waals surface area contributed by atoms with Crippen LogP contribution in [0.15, 0.2) is 24.5 Å². The Kier molecular flexibility index (Phi) is 5.58. The van der Waals surface area contributed by atoms with Crippen LogP contribution in [0.3, 0.4) is 0 Å². The maximum absolute atomic E-state index is 12.4. The molecule has 1 aliphatic carbocycles. The summed E-state index contributed by atoms with van der Waals surface area (Å²) in [6.07, 6.45) is 14.9. The first kappa shape index (κ1) is 18.0. The lowest BCUT2D eigenvalue weighted by atomic mass is 9.65. The van der Waals surface area contributed by atoms with Gasteiger partial charge in [0.25, 0.3) is 0 Å². The summed E-state index contributed by atoms with van der Waals surface area (Å²) in [6.45, 7) is 5.51. The van der Waals surface area contributed by atoms with Crippen LogP contribution in [0.5, 0.6) is 0 Å². The van der Waals surface area contributed by atoms with Gasteiger partial charge < -0.3 is 4.90 Å². The van der Waals surface area contributed by atoms with E-state index in [1.165, 1.54) is 70.0 Å². The van der Waals surface area contributed by atoms with Crippen LogP contribution in [0.4, 0.5) is 0 Å². The highest BCUT2D eigenvalue weighted by atomic mass is 16.2. The first-order chi connectivity index (χ1) is 12.7. The minimum absolute atomic E-state index is 0.427. The lowest BCUT2D eigenvalue weighted by Crippen LogP contribution is -2.42. The fourth-order valence-corrected chi connectivity index (χ4v) is 5.27. The van der Waals surface area contributed by atoms with Crippen molar-refractivity contribution in [3.63, 3.8) is 0 Å². The van der Waals surface area contributed by atoms with E-state index in [2.05, 4.69) is 26.9 Å². The number of hydrogen-bond donors (Lipinski definition) is 0. The van der Waals surface area contributed by atoms with Crippen LogP contribution in [0.1, 0.15) is 63.4 Å². The molecule has 4 rings (SSSR count). The SMILES string of the molecule is O=C(CC1CCC2(CC1)CCN(Cc1ccncc1)CC2)N1CCCC1. The van der Waals surface area contributed by atoms with Gasteiger partial charge in [-0.3, -0.25) is 14.7 Å². The van der Waals surface area contributed by atoms with Crippen molar-refractivity contribution in [2.75, 3.05) is 26.2 Å². The van der Waals surface area contributed by atoms with Crippen molar-refractivity contribution >= 4 is 5.91 Å². The van der Waals surface area contributed by atoms with E-state index in [4.69, 9.17) is 0 Å². The number of amides is 1. The standard InChI is InChI=1S/C22H33N3O/c26-21(25-13-1-2-14-25)17-19-3-7-22(8-4-19)9-15-24(16-10-22)18-20-5-11-23-12-6-20/h5-6,11-12,19H,1-4,7-10,13-18H2. The van der Waals surface area contributed by atoms with Gasteiger partial charge in [-0.05, 0) is 93.5 Å². The van der Waals surface area contributed by atoms with Gasteiger partial charge in [-0.2, -0.15) is 0 Å². The zero-order chi connectivity index (χ0) is 17.8. The van der Waals surface area contributed by atoms with Crippen molar-refractivity contribution in [1.29, 1.82) is 0 Å². The second-order valence-corrected chi connectivity index (χ2v) is 8.87. The van der Waals surface area contributed by atoms with E-state index in [9.17, 15) is 4.79 Å². The van der Waals surface area contributed by atoms with Crippen LogP contribution >= 0.6 is 0 Å². The van der Waals surface area contributed by atoms with E-state index in [-0.39, 0.29) is 0 Å². The van der Waals surface area contributed by atoms with Gasteiger partial charge in [0, 0.05) is 38.4 Å². The highest BCUT2D eigenvalue weighted by Gasteiger charge is 2.38. The number of rotatable bonds is 4. The summed E-state index contributed by atoms with van der Waals surface area (Å²) in [7, 11) is 0. The molecule has 1 saturated carbocycles. The molecule has 0 bridgehead atoms. The Hall–Kier alpha value is -1.42. The Morgan fingerprint density at radius 3 is 2.31 bits per heavy atom. The average molecular weight is 356 g/mol. The molecular weight excluding hydrogens is 322 g/mol. The van der Waals surface area contributed by atoms with E-state index in [0.717, 1.165) is 26.1 Å². The van der Waals surface area contributed by atoms with Gasteiger partial charge in [0.05, 0.1) is 0 Å². The van der Waals surface area contributed by atoms with Gasteiger partial charge in [-0.15, -0.1) is 0 Å². The van der Waals surface area contributed by atoms with Crippen molar-refractivity contribution in [3.8, 4) is 0 Å². The maximum Gasteiger partial charge on any atom is 0.222 e. The topological polar surface area (TPSA) is 36.4 Å². The molecule has 0 radical (unpaired) electrons. The van der Waals surface area contributed by atoms with Crippen molar-refractivity contribution < 1.29 is 4.79 Å². The molecule has 0 atom stereocenters. The fraction of sp³-hybridized carbons (Fsp3) is 0.727. The molecule has 26 heavy (non-hydrogen) atoms.